The standard InChI is InChI=1S/C21H24ClFN2O2S/c1-15(28-19-8-4-17(22)5-9-19)21(26)24-14-20(25-10-12-27-13-11-25)16-2-6-18(23)7-3-16/h2-9,15,20H,10-14H2,1H3,(H,24,26)/t15-,20-/m1/s1. The maximum atomic E-state index is 13.3. The molecule has 3 rings (SSSR count). The van der Waals surface area contributed by atoms with Gasteiger partial charge in [0.25, 0.3) is 0 Å². The number of nitrogens with zero attached hydrogens (tertiary/aromatic N) is 1. The maximum absolute atomic E-state index is 13.3. The molecule has 7 heteroatoms. The molecule has 1 heterocycles. The number of hydrogen-bond donors (Lipinski definition) is 1. The first-order valence-electron chi connectivity index (χ1n) is 9.30. The first-order chi connectivity index (χ1) is 13.5. The molecule has 2 atom stereocenters. The lowest BCUT2D eigenvalue weighted by molar-refractivity contribution is -0.120. The minimum Gasteiger partial charge on any atom is -0.379 e. The molecule has 1 fully saturated rings. The molecule has 1 N–H and O–H groups in total. The molecule has 0 radical (unpaired) electrons. The Morgan fingerprint density at radius 2 is 1.82 bits per heavy atom. The van der Waals surface area contributed by atoms with E-state index in [0.29, 0.717) is 24.8 Å². The van der Waals surface area contributed by atoms with Crippen LogP contribution in [0.25, 0.3) is 0 Å². The number of rotatable bonds is 7. The third-order valence-electron chi connectivity index (χ3n) is 4.71. The molecule has 4 nitrogen and oxygen atoms in total. The lowest BCUT2D eigenvalue weighted by Gasteiger charge is -2.35. The van der Waals surface area contributed by atoms with E-state index >= 15 is 0 Å². The van der Waals surface area contributed by atoms with Crippen LogP contribution in [0, 0.1) is 5.82 Å². The zero-order valence-electron chi connectivity index (χ0n) is 15.7. The molecule has 2 aromatic rings. The summed E-state index contributed by atoms with van der Waals surface area (Å²) in [6, 6.07) is 13.9. The number of carbonyl (C=O) groups is 1. The van der Waals surface area contributed by atoms with Crippen molar-refractivity contribution in [3.8, 4) is 0 Å². The van der Waals surface area contributed by atoms with Crippen LogP contribution in [0.15, 0.2) is 53.4 Å². The fourth-order valence-corrected chi connectivity index (χ4v) is 4.16. The minimum absolute atomic E-state index is 0.0128. The number of halogens is 2. The fourth-order valence-electron chi connectivity index (χ4n) is 3.14. The number of carbonyl (C=O) groups excluding carboxylic acids is 1. The predicted molar refractivity (Wildman–Crippen MR) is 111 cm³/mol. The smallest absolute Gasteiger partial charge is 0.233 e. The zero-order chi connectivity index (χ0) is 19.9. The van der Waals surface area contributed by atoms with Crippen molar-refractivity contribution >= 4 is 29.3 Å². The predicted octanol–water partition coefficient (Wildman–Crippen LogP) is 4.15. The van der Waals surface area contributed by atoms with E-state index in [4.69, 9.17) is 16.3 Å². The van der Waals surface area contributed by atoms with Crippen molar-refractivity contribution < 1.29 is 13.9 Å². The third kappa shape index (κ3) is 5.95. The highest BCUT2D eigenvalue weighted by molar-refractivity contribution is 8.00. The summed E-state index contributed by atoms with van der Waals surface area (Å²) in [4.78, 5) is 15.9. The van der Waals surface area contributed by atoms with Crippen molar-refractivity contribution in [1.82, 2.24) is 10.2 Å². The van der Waals surface area contributed by atoms with Crippen LogP contribution in [0.3, 0.4) is 0 Å². The van der Waals surface area contributed by atoms with Gasteiger partial charge in [-0.2, -0.15) is 0 Å². The number of thioether (sulfide) groups is 1. The van der Waals surface area contributed by atoms with Gasteiger partial charge in [0.15, 0.2) is 0 Å². The van der Waals surface area contributed by atoms with Crippen LogP contribution in [0.1, 0.15) is 18.5 Å². The Balaban J connectivity index is 1.62. The van der Waals surface area contributed by atoms with E-state index in [0.717, 1.165) is 23.5 Å². The number of hydrogen-bond acceptors (Lipinski definition) is 4. The SMILES string of the molecule is C[C@@H](Sc1ccc(Cl)cc1)C(=O)NC[C@H](c1ccc(F)cc1)N1CCOCC1. The maximum Gasteiger partial charge on any atom is 0.233 e. The van der Waals surface area contributed by atoms with Crippen molar-refractivity contribution in [1.29, 1.82) is 0 Å². The second-order valence-electron chi connectivity index (χ2n) is 6.67. The van der Waals surface area contributed by atoms with Gasteiger partial charge in [0.2, 0.25) is 5.91 Å². The lowest BCUT2D eigenvalue weighted by Crippen LogP contribution is -2.44. The van der Waals surface area contributed by atoms with Gasteiger partial charge in [-0.3, -0.25) is 9.69 Å². The van der Waals surface area contributed by atoms with E-state index < -0.39 is 0 Å². The molecule has 0 saturated carbocycles. The summed E-state index contributed by atoms with van der Waals surface area (Å²) in [5.41, 5.74) is 0.988. The Labute approximate surface area is 174 Å². The first-order valence-corrected chi connectivity index (χ1v) is 10.6. The van der Waals surface area contributed by atoms with Gasteiger partial charge in [-0.05, 0) is 48.9 Å². The van der Waals surface area contributed by atoms with E-state index in [1.165, 1.54) is 23.9 Å². The molecule has 0 aliphatic carbocycles. The molecule has 1 amide bonds. The van der Waals surface area contributed by atoms with E-state index in [2.05, 4.69) is 10.2 Å². The van der Waals surface area contributed by atoms with Crippen molar-refractivity contribution in [3.05, 3.63) is 64.9 Å². The Hall–Kier alpha value is -1.60. The van der Waals surface area contributed by atoms with Crippen LogP contribution in [0.5, 0.6) is 0 Å². The van der Waals surface area contributed by atoms with E-state index in [1.54, 1.807) is 12.1 Å². The summed E-state index contributed by atoms with van der Waals surface area (Å²) >= 11 is 7.40. The number of morpholine rings is 1. The summed E-state index contributed by atoms with van der Waals surface area (Å²) in [6.45, 7) is 5.25. The normalized spacial score (nSPS) is 17.1. The topological polar surface area (TPSA) is 41.6 Å². The van der Waals surface area contributed by atoms with Gasteiger partial charge in [-0.1, -0.05) is 23.7 Å². The quantitative estimate of drug-likeness (QED) is 0.680. The van der Waals surface area contributed by atoms with Crippen LogP contribution < -0.4 is 5.32 Å². The molecule has 28 heavy (non-hydrogen) atoms. The minimum atomic E-state index is -0.263. The largest absolute Gasteiger partial charge is 0.379 e. The van der Waals surface area contributed by atoms with E-state index in [1.807, 2.05) is 31.2 Å². The van der Waals surface area contributed by atoms with Gasteiger partial charge in [0, 0.05) is 29.6 Å². The Bertz CT molecular complexity index is 767. The highest BCUT2D eigenvalue weighted by atomic mass is 35.5. The third-order valence-corrected chi connectivity index (χ3v) is 6.07. The fraction of sp³-hybridized carbons (Fsp3) is 0.381. The second kappa shape index (κ2) is 10.3. The molecular weight excluding hydrogens is 399 g/mol. The molecule has 0 bridgehead atoms. The molecule has 0 spiro atoms. The average molecular weight is 423 g/mol. The summed E-state index contributed by atoms with van der Waals surface area (Å²) in [5.74, 6) is -0.290. The molecule has 1 aliphatic heterocycles. The summed E-state index contributed by atoms with van der Waals surface area (Å²) < 4.78 is 18.8. The van der Waals surface area contributed by atoms with Gasteiger partial charge >= 0.3 is 0 Å². The molecule has 1 saturated heterocycles. The molecule has 2 aromatic carbocycles. The van der Waals surface area contributed by atoms with E-state index in [-0.39, 0.29) is 23.0 Å². The molecule has 150 valence electrons. The van der Waals surface area contributed by atoms with Crippen molar-refractivity contribution in [2.75, 3.05) is 32.8 Å². The van der Waals surface area contributed by atoms with Crippen molar-refractivity contribution in [2.24, 2.45) is 0 Å². The van der Waals surface area contributed by atoms with Crippen LogP contribution in [0.4, 0.5) is 4.39 Å². The summed E-state index contributed by atoms with van der Waals surface area (Å²) in [7, 11) is 0. The number of ether oxygens (including phenoxy) is 1. The van der Waals surface area contributed by atoms with Gasteiger partial charge in [-0.25, -0.2) is 4.39 Å². The molecular formula is C21H24ClFN2O2S. The Morgan fingerprint density at radius 1 is 1.18 bits per heavy atom. The monoisotopic (exact) mass is 422 g/mol. The highest BCUT2D eigenvalue weighted by Crippen LogP contribution is 2.26. The van der Waals surface area contributed by atoms with Crippen molar-refractivity contribution in [2.45, 2.75) is 23.1 Å². The molecule has 0 unspecified atom stereocenters. The number of nitrogens with one attached hydrogen (secondary N) is 1. The Morgan fingerprint density at radius 3 is 2.46 bits per heavy atom. The first kappa shape index (κ1) is 21.1. The van der Waals surface area contributed by atoms with Gasteiger partial charge in [0.05, 0.1) is 24.5 Å². The Kier molecular flexibility index (Phi) is 7.73. The van der Waals surface area contributed by atoms with Gasteiger partial charge < -0.3 is 10.1 Å². The van der Waals surface area contributed by atoms with Crippen LogP contribution in [0.2, 0.25) is 5.02 Å². The van der Waals surface area contributed by atoms with Gasteiger partial charge in [0.1, 0.15) is 5.82 Å². The molecule has 0 aromatic heterocycles. The average Bonchev–Trinajstić information content (AvgIpc) is 2.71. The van der Waals surface area contributed by atoms with Crippen LogP contribution >= 0.6 is 23.4 Å². The summed E-state index contributed by atoms with van der Waals surface area (Å²) in [6.07, 6.45) is 0. The van der Waals surface area contributed by atoms with Gasteiger partial charge in [-0.15, -0.1) is 11.8 Å². The van der Waals surface area contributed by atoms with Crippen molar-refractivity contribution in [3.63, 3.8) is 0 Å². The second-order valence-corrected chi connectivity index (χ2v) is 8.53. The summed E-state index contributed by atoms with van der Waals surface area (Å²) in [5, 5.41) is 3.50. The van der Waals surface area contributed by atoms with E-state index in [9.17, 15) is 9.18 Å². The van der Waals surface area contributed by atoms with Crippen LogP contribution in [-0.4, -0.2) is 48.9 Å². The lowest BCUT2D eigenvalue weighted by atomic mass is 10.0. The number of amides is 1. The van der Waals surface area contributed by atoms with Crippen LogP contribution in [-0.2, 0) is 9.53 Å². The molecule has 1 aliphatic rings. The highest BCUT2D eigenvalue weighted by Gasteiger charge is 2.24. The number of benzene rings is 2. The zero-order valence-corrected chi connectivity index (χ0v) is 17.3.